The van der Waals surface area contributed by atoms with E-state index >= 15 is 0 Å². The van der Waals surface area contributed by atoms with Crippen LogP contribution in [0, 0.1) is 5.92 Å². The third kappa shape index (κ3) is 2.66. The second-order valence-electron chi connectivity index (χ2n) is 7.66. The van der Waals surface area contributed by atoms with E-state index in [1.54, 1.807) is 0 Å². The molecular weight excluding hydrogens is 258 g/mol. The van der Waals surface area contributed by atoms with Gasteiger partial charge in [-0.15, -0.1) is 0 Å². The summed E-state index contributed by atoms with van der Waals surface area (Å²) < 4.78 is 0.847. The molecule has 2 fully saturated rings. The number of hydrogen-bond donors (Lipinski definition) is 0. The predicted octanol–water partition coefficient (Wildman–Crippen LogP) is 3.55. The Morgan fingerprint density at radius 1 is 1.05 bits per heavy atom. The normalized spacial score (nSPS) is 30.3. The van der Waals surface area contributed by atoms with Gasteiger partial charge < -0.3 is 4.48 Å². The third-order valence-corrected chi connectivity index (χ3v) is 5.77. The lowest BCUT2D eigenvalue weighted by Gasteiger charge is -2.48. The SMILES string of the molecule is C[N+]1(C)CCC(c2ccccc2)(C2CCCCC2)C(=O)C1. The number of quaternary nitrogens is 1. The van der Waals surface area contributed by atoms with Crippen LogP contribution in [0.2, 0.25) is 0 Å². The molecule has 0 spiro atoms. The van der Waals surface area contributed by atoms with Crippen molar-refractivity contribution in [1.29, 1.82) is 0 Å². The molecule has 2 aliphatic rings. The number of likely N-dealkylation sites (N-methyl/N-ethyl adjacent to an activating group) is 1. The van der Waals surface area contributed by atoms with E-state index in [1.165, 1.54) is 37.7 Å². The molecule has 1 unspecified atom stereocenters. The monoisotopic (exact) mass is 286 g/mol. The van der Waals surface area contributed by atoms with Gasteiger partial charge in [-0.1, -0.05) is 49.6 Å². The maximum absolute atomic E-state index is 13.2. The summed E-state index contributed by atoms with van der Waals surface area (Å²) in [7, 11) is 4.38. The lowest BCUT2D eigenvalue weighted by molar-refractivity contribution is -0.886. The standard InChI is InChI=1S/C19H28NO/c1-20(2)14-13-19(18(21)15-20,16-9-5-3-6-10-16)17-11-7-4-8-12-17/h3,5-6,9-10,17H,4,7-8,11-15H2,1-2H3/q+1. The molecule has 1 aliphatic heterocycles. The highest BCUT2D eigenvalue weighted by Crippen LogP contribution is 2.46. The first kappa shape index (κ1) is 14.8. The van der Waals surface area contributed by atoms with Crippen LogP contribution in [0.1, 0.15) is 44.1 Å². The molecule has 0 bridgehead atoms. The molecule has 2 heteroatoms. The van der Waals surface area contributed by atoms with Crippen LogP contribution >= 0.6 is 0 Å². The summed E-state index contributed by atoms with van der Waals surface area (Å²) in [6.45, 7) is 1.79. The van der Waals surface area contributed by atoms with Crippen molar-refractivity contribution >= 4 is 5.78 Å². The molecule has 114 valence electrons. The Bertz CT molecular complexity index is 502. The smallest absolute Gasteiger partial charge is 0.197 e. The van der Waals surface area contributed by atoms with Gasteiger partial charge in [0.05, 0.1) is 26.1 Å². The summed E-state index contributed by atoms with van der Waals surface area (Å²) in [6.07, 6.45) is 7.42. The van der Waals surface area contributed by atoms with Gasteiger partial charge in [-0.2, -0.15) is 0 Å². The predicted molar refractivity (Wildman–Crippen MR) is 86.2 cm³/mol. The Hall–Kier alpha value is -1.15. The maximum atomic E-state index is 13.2. The Morgan fingerprint density at radius 3 is 2.33 bits per heavy atom. The highest BCUT2D eigenvalue weighted by atomic mass is 16.1. The van der Waals surface area contributed by atoms with Crippen molar-refractivity contribution in [2.45, 2.75) is 43.9 Å². The first-order chi connectivity index (χ1) is 10.0. The van der Waals surface area contributed by atoms with E-state index in [9.17, 15) is 4.79 Å². The zero-order chi connectivity index (χ0) is 14.9. The molecule has 3 rings (SSSR count). The van der Waals surface area contributed by atoms with Gasteiger partial charge in [0.25, 0.3) is 0 Å². The fraction of sp³-hybridized carbons (Fsp3) is 0.632. The van der Waals surface area contributed by atoms with Crippen LogP contribution in [0.5, 0.6) is 0 Å². The average Bonchev–Trinajstić information content (AvgIpc) is 2.49. The minimum Gasteiger partial charge on any atom is -0.322 e. The summed E-state index contributed by atoms with van der Waals surface area (Å²) in [5, 5.41) is 0. The number of rotatable bonds is 2. The number of nitrogens with zero attached hydrogens (tertiary/aromatic N) is 1. The van der Waals surface area contributed by atoms with Gasteiger partial charge in [0, 0.05) is 6.42 Å². The molecule has 21 heavy (non-hydrogen) atoms. The van der Waals surface area contributed by atoms with Crippen LogP contribution in [-0.4, -0.2) is 37.5 Å². The van der Waals surface area contributed by atoms with E-state index in [0.717, 1.165) is 17.4 Å². The second kappa shape index (κ2) is 5.57. The Morgan fingerprint density at radius 2 is 1.71 bits per heavy atom. The van der Waals surface area contributed by atoms with Crippen molar-refractivity contribution < 1.29 is 9.28 Å². The minimum absolute atomic E-state index is 0.199. The summed E-state index contributed by atoms with van der Waals surface area (Å²) in [5.41, 5.74) is 1.08. The first-order valence-corrected chi connectivity index (χ1v) is 8.45. The Balaban J connectivity index is 2.01. The topological polar surface area (TPSA) is 17.1 Å². The fourth-order valence-electron chi connectivity index (χ4n) is 4.53. The zero-order valence-electron chi connectivity index (χ0n) is 13.5. The average molecular weight is 286 g/mol. The van der Waals surface area contributed by atoms with Crippen LogP contribution in [-0.2, 0) is 10.2 Å². The summed E-state index contributed by atoms with van der Waals surface area (Å²) in [5.74, 6) is 1.04. The molecule has 0 aromatic heterocycles. The third-order valence-electron chi connectivity index (χ3n) is 5.77. The molecule has 1 heterocycles. The lowest BCUT2D eigenvalue weighted by Crippen LogP contribution is -2.60. The van der Waals surface area contributed by atoms with Crippen molar-refractivity contribution in [1.82, 2.24) is 0 Å². The number of likely N-dealkylation sites (tertiary alicyclic amines) is 1. The number of benzene rings is 1. The van der Waals surface area contributed by atoms with Crippen LogP contribution in [0.25, 0.3) is 0 Å². The van der Waals surface area contributed by atoms with E-state index in [1.807, 2.05) is 0 Å². The first-order valence-electron chi connectivity index (χ1n) is 8.45. The van der Waals surface area contributed by atoms with Crippen molar-refractivity contribution in [2.24, 2.45) is 5.92 Å². The number of hydrogen-bond acceptors (Lipinski definition) is 1. The van der Waals surface area contributed by atoms with Gasteiger partial charge in [0.2, 0.25) is 0 Å². The molecule has 1 aromatic rings. The molecule has 0 N–H and O–H groups in total. The van der Waals surface area contributed by atoms with Crippen LogP contribution in [0.15, 0.2) is 30.3 Å². The Labute approximate surface area is 128 Å². The largest absolute Gasteiger partial charge is 0.322 e. The summed E-state index contributed by atoms with van der Waals surface area (Å²) in [4.78, 5) is 13.2. The fourth-order valence-corrected chi connectivity index (χ4v) is 4.53. The van der Waals surface area contributed by atoms with Crippen molar-refractivity contribution in [3.63, 3.8) is 0 Å². The molecule has 0 radical (unpaired) electrons. The number of ketones is 1. The number of carbonyl (C=O) groups excluding carboxylic acids is 1. The van der Waals surface area contributed by atoms with Crippen molar-refractivity contribution in [3.8, 4) is 0 Å². The van der Waals surface area contributed by atoms with Gasteiger partial charge in [-0.05, 0) is 24.3 Å². The maximum Gasteiger partial charge on any atom is 0.197 e. The molecule has 2 nitrogen and oxygen atoms in total. The lowest BCUT2D eigenvalue weighted by atomic mass is 9.59. The van der Waals surface area contributed by atoms with Crippen LogP contribution in [0.4, 0.5) is 0 Å². The highest BCUT2D eigenvalue weighted by Gasteiger charge is 2.52. The van der Waals surface area contributed by atoms with Crippen LogP contribution in [0.3, 0.4) is 0 Å². The number of Topliss-reactive ketones (excluding diaryl/α,β-unsaturated/α-hetero) is 1. The number of piperidine rings is 1. The van der Waals surface area contributed by atoms with Gasteiger partial charge in [-0.25, -0.2) is 0 Å². The zero-order valence-corrected chi connectivity index (χ0v) is 13.5. The molecule has 1 atom stereocenters. The van der Waals surface area contributed by atoms with E-state index in [-0.39, 0.29) is 5.41 Å². The molecular formula is C19H28NO+. The van der Waals surface area contributed by atoms with E-state index < -0.39 is 0 Å². The second-order valence-corrected chi connectivity index (χ2v) is 7.66. The quantitative estimate of drug-likeness (QED) is 0.760. The molecule has 1 aromatic carbocycles. The molecule has 1 saturated carbocycles. The molecule has 1 saturated heterocycles. The van der Waals surface area contributed by atoms with Gasteiger partial charge in [0.1, 0.15) is 6.54 Å². The van der Waals surface area contributed by atoms with E-state index in [4.69, 9.17) is 0 Å². The summed E-state index contributed by atoms with van der Waals surface area (Å²) in [6, 6.07) is 10.6. The van der Waals surface area contributed by atoms with Gasteiger partial charge in [0.15, 0.2) is 5.78 Å². The van der Waals surface area contributed by atoms with E-state index in [0.29, 0.717) is 18.2 Å². The highest BCUT2D eigenvalue weighted by molar-refractivity contribution is 5.92. The summed E-state index contributed by atoms with van der Waals surface area (Å²) >= 11 is 0. The number of carbonyl (C=O) groups is 1. The van der Waals surface area contributed by atoms with Gasteiger partial charge >= 0.3 is 0 Å². The van der Waals surface area contributed by atoms with Crippen molar-refractivity contribution in [2.75, 3.05) is 27.2 Å². The molecule has 0 amide bonds. The van der Waals surface area contributed by atoms with E-state index in [2.05, 4.69) is 44.4 Å². The van der Waals surface area contributed by atoms with Gasteiger partial charge in [-0.3, -0.25) is 4.79 Å². The van der Waals surface area contributed by atoms with Crippen molar-refractivity contribution in [3.05, 3.63) is 35.9 Å². The Kier molecular flexibility index (Phi) is 3.92. The van der Waals surface area contributed by atoms with Crippen LogP contribution < -0.4 is 0 Å². The minimum atomic E-state index is -0.199. The molecule has 1 aliphatic carbocycles.